The van der Waals surface area contributed by atoms with Crippen LogP contribution in [0.25, 0.3) is 0 Å². The van der Waals surface area contributed by atoms with Crippen LogP contribution in [0.3, 0.4) is 0 Å². The quantitative estimate of drug-likeness (QED) is 0.304. The Morgan fingerprint density at radius 2 is 1.44 bits per heavy atom. The molecule has 3 aromatic rings. The lowest BCUT2D eigenvalue weighted by atomic mass is 9.74. The first-order chi connectivity index (χ1) is 16.1. The summed E-state index contributed by atoms with van der Waals surface area (Å²) in [5, 5.41) is 16.6. The van der Waals surface area contributed by atoms with Crippen molar-refractivity contribution in [1.82, 2.24) is 5.32 Å². The van der Waals surface area contributed by atoms with Crippen molar-refractivity contribution < 1.29 is 14.5 Å². The fourth-order valence-electron chi connectivity index (χ4n) is 4.90. The Morgan fingerprint density at radius 1 is 0.941 bits per heavy atom. The number of nitro groups is 1. The van der Waals surface area contributed by atoms with Gasteiger partial charge in [0.05, 0.1) is 5.92 Å². The van der Waals surface area contributed by atoms with Crippen LogP contribution in [0.15, 0.2) is 84.9 Å². The molecule has 1 N–H and O–H groups in total. The molecule has 3 atom stereocenters. The lowest BCUT2D eigenvalue weighted by Crippen LogP contribution is -2.51. The molecular weight excluding hydrogens is 452 g/mol. The maximum atomic E-state index is 13.5. The third kappa shape index (κ3) is 4.31. The Morgan fingerprint density at radius 3 is 1.91 bits per heavy atom. The van der Waals surface area contributed by atoms with Crippen molar-refractivity contribution in [2.45, 2.75) is 49.9 Å². The van der Waals surface area contributed by atoms with Crippen LogP contribution in [0.1, 0.15) is 43.4 Å². The topological polar surface area (TPSA) is 81.5 Å². The molecule has 0 unspecified atom stereocenters. The van der Waals surface area contributed by atoms with E-state index in [-0.39, 0.29) is 4.92 Å². The Hall–Kier alpha value is -3.22. The fraction of sp³-hybridized carbons (Fsp3) is 0.296. The molecule has 0 saturated carbocycles. The average Bonchev–Trinajstić information content (AvgIpc) is 3.17. The minimum absolute atomic E-state index is 0.300. The molecule has 0 aliphatic carbocycles. The maximum Gasteiger partial charge on any atom is 0.324 e. The van der Waals surface area contributed by atoms with Gasteiger partial charge in [-0.2, -0.15) is 0 Å². The van der Waals surface area contributed by atoms with E-state index in [9.17, 15) is 14.9 Å². The van der Waals surface area contributed by atoms with Gasteiger partial charge in [-0.05, 0) is 43.5 Å². The number of ether oxygens (including phenoxy) is 1. The van der Waals surface area contributed by atoms with Crippen molar-refractivity contribution in [2.24, 2.45) is 0 Å². The minimum Gasteiger partial charge on any atom is -0.459 e. The van der Waals surface area contributed by atoms with E-state index in [1.54, 1.807) is 45.0 Å². The van der Waals surface area contributed by atoms with Crippen molar-refractivity contribution in [2.75, 3.05) is 0 Å². The number of nitrogens with one attached hydrogen (secondary N) is 1. The Balaban J connectivity index is 2.01. The van der Waals surface area contributed by atoms with E-state index in [4.69, 9.17) is 16.3 Å². The largest absolute Gasteiger partial charge is 0.459 e. The van der Waals surface area contributed by atoms with Gasteiger partial charge in [-0.15, -0.1) is 0 Å². The molecule has 7 heteroatoms. The molecule has 1 aliphatic heterocycles. The standard InChI is InChI=1S/C27H27ClN2O4/c1-26(2,3)34-25(31)23-22(20-16-10-11-17-21(20)28)24(30(32)33)27(29-23,18-12-6-4-7-13-18)19-14-8-5-9-15-19/h4-17,22-24,29H,1-3H3/t22-,23+,24+/m1/s1. The highest BCUT2D eigenvalue weighted by Gasteiger charge is 2.65. The van der Waals surface area contributed by atoms with Crippen molar-refractivity contribution in [3.05, 3.63) is 117 Å². The van der Waals surface area contributed by atoms with E-state index < -0.39 is 35.1 Å². The van der Waals surface area contributed by atoms with Crippen molar-refractivity contribution in [1.29, 1.82) is 0 Å². The van der Waals surface area contributed by atoms with Crippen LogP contribution in [0.2, 0.25) is 5.02 Å². The molecule has 0 radical (unpaired) electrons. The first kappa shape index (κ1) is 23.9. The molecule has 1 heterocycles. The van der Waals surface area contributed by atoms with Gasteiger partial charge in [-0.3, -0.25) is 20.2 Å². The molecule has 34 heavy (non-hydrogen) atoms. The zero-order valence-corrected chi connectivity index (χ0v) is 20.0. The molecule has 4 rings (SSSR count). The number of nitrogens with zero attached hydrogens (tertiary/aromatic N) is 1. The minimum atomic E-state index is -1.29. The molecule has 3 aromatic carbocycles. The van der Waals surface area contributed by atoms with Gasteiger partial charge in [0.2, 0.25) is 6.04 Å². The summed E-state index contributed by atoms with van der Waals surface area (Å²) in [6.45, 7) is 5.32. The second-order valence-electron chi connectivity index (χ2n) is 9.47. The lowest BCUT2D eigenvalue weighted by Gasteiger charge is -2.33. The highest BCUT2D eigenvalue weighted by molar-refractivity contribution is 6.31. The van der Waals surface area contributed by atoms with Gasteiger partial charge < -0.3 is 4.74 Å². The normalized spacial score (nSPS) is 21.7. The van der Waals surface area contributed by atoms with E-state index in [1.807, 2.05) is 60.7 Å². The number of rotatable bonds is 5. The van der Waals surface area contributed by atoms with Crippen molar-refractivity contribution >= 4 is 17.6 Å². The van der Waals surface area contributed by atoms with Crippen LogP contribution in [-0.4, -0.2) is 28.6 Å². The number of carbonyl (C=O) groups is 1. The lowest BCUT2D eigenvalue weighted by molar-refractivity contribution is -0.533. The molecule has 0 amide bonds. The van der Waals surface area contributed by atoms with Crippen LogP contribution in [0.4, 0.5) is 0 Å². The second kappa shape index (κ2) is 9.20. The van der Waals surface area contributed by atoms with Gasteiger partial charge in [-0.1, -0.05) is 90.5 Å². The summed E-state index contributed by atoms with van der Waals surface area (Å²) in [6.07, 6.45) is 0. The van der Waals surface area contributed by atoms with E-state index in [2.05, 4.69) is 5.32 Å². The molecular formula is C27H27ClN2O4. The molecule has 176 valence electrons. The Labute approximate surface area is 204 Å². The highest BCUT2D eigenvalue weighted by Crippen LogP contribution is 2.49. The Bertz CT molecular complexity index is 1140. The fourth-order valence-corrected chi connectivity index (χ4v) is 5.17. The van der Waals surface area contributed by atoms with Crippen LogP contribution < -0.4 is 5.32 Å². The molecule has 0 bridgehead atoms. The number of hydrogen-bond donors (Lipinski definition) is 1. The van der Waals surface area contributed by atoms with Crippen LogP contribution in [0.5, 0.6) is 0 Å². The monoisotopic (exact) mass is 478 g/mol. The van der Waals surface area contributed by atoms with Gasteiger partial charge in [0.25, 0.3) is 0 Å². The summed E-state index contributed by atoms with van der Waals surface area (Å²) in [6, 6.07) is 23.2. The molecule has 1 saturated heterocycles. The summed E-state index contributed by atoms with van der Waals surface area (Å²) >= 11 is 6.56. The van der Waals surface area contributed by atoms with Crippen LogP contribution >= 0.6 is 11.6 Å². The summed E-state index contributed by atoms with van der Waals surface area (Å²) in [5.41, 5.74) is -0.157. The smallest absolute Gasteiger partial charge is 0.324 e. The molecule has 1 aliphatic rings. The summed E-state index contributed by atoms with van der Waals surface area (Å²) in [7, 11) is 0. The van der Waals surface area contributed by atoms with Gasteiger partial charge >= 0.3 is 5.97 Å². The predicted octanol–water partition coefficient (Wildman–Crippen LogP) is 5.33. The third-order valence-electron chi connectivity index (χ3n) is 6.14. The highest BCUT2D eigenvalue weighted by atomic mass is 35.5. The number of hydrogen-bond acceptors (Lipinski definition) is 5. The van der Waals surface area contributed by atoms with E-state index in [0.717, 1.165) is 0 Å². The van der Waals surface area contributed by atoms with Gasteiger partial charge in [0, 0.05) is 9.95 Å². The molecule has 0 spiro atoms. The van der Waals surface area contributed by atoms with Gasteiger partial charge in [0.1, 0.15) is 17.2 Å². The Kier molecular flexibility index (Phi) is 6.47. The number of halogens is 1. The van der Waals surface area contributed by atoms with E-state index in [1.165, 1.54) is 0 Å². The number of carbonyl (C=O) groups excluding carboxylic acids is 1. The number of benzene rings is 3. The molecule has 1 fully saturated rings. The third-order valence-corrected chi connectivity index (χ3v) is 6.48. The zero-order valence-electron chi connectivity index (χ0n) is 19.3. The molecule has 6 nitrogen and oxygen atoms in total. The van der Waals surface area contributed by atoms with Gasteiger partial charge in [-0.25, -0.2) is 0 Å². The van der Waals surface area contributed by atoms with Crippen molar-refractivity contribution in [3.8, 4) is 0 Å². The average molecular weight is 479 g/mol. The SMILES string of the molecule is CC(C)(C)OC(=O)[C@H]1NC(c2ccccc2)(c2ccccc2)[C@@H]([N+](=O)[O-])[C@@H]1c1ccccc1Cl. The van der Waals surface area contributed by atoms with E-state index >= 15 is 0 Å². The van der Waals surface area contributed by atoms with Crippen LogP contribution in [0, 0.1) is 10.1 Å². The van der Waals surface area contributed by atoms with Crippen LogP contribution in [-0.2, 0) is 15.1 Å². The first-order valence-corrected chi connectivity index (χ1v) is 11.5. The first-order valence-electron chi connectivity index (χ1n) is 11.1. The van der Waals surface area contributed by atoms with E-state index in [0.29, 0.717) is 21.7 Å². The summed E-state index contributed by atoms with van der Waals surface area (Å²) in [5.74, 6) is -1.43. The second-order valence-corrected chi connectivity index (χ2v) is 9.88. The van der Waals surface area contributed by atoms with Gasteiger partial charge in [0.15, 0.2) is 0 Å². The summed E-state index contributed by atoms with van der Waals surface area (Å²) in [4.78, 5) is 26.1. The molecule has 0 aromatic heterocycles. The number of esters is 1. The summed E-state index contributed by atoms with van der Waals surface area (Å²) < 4.78 is 5.74. The predicted molar refractivity (Wildman–Crippen MR) is 131 cm³/mol. The maximum absolute atomic E-state index is 13.5. The van der Waals surface area contributed by atoms with Crippen molar-refractivity contribution in [3.63, 3.8) is 0 Å². The zero-order chi connectivity index (χ0) is 24.5.